The molecule has 1 saturated heterocycles. The quantitative estimate of drug-likeness (QED) is 0.704. The lowest BCUT2D eigenvalue weighted by Gasteiger charge is -2.14. The summed E-state index contributed by atoms with van der Waals surface area (Å²) in [6, 6.07) is 10.6. The van der Waals surface area contributed by atoms with E-state index in [1.807, 2.05) is 0 Å². The Balaban J connectivity index is 1.81. The molecule has 1 fully saturated rings. The molecule has 2 aromatic rings. The highest BCUT2D eigenvalue weighted by atomic mass is 15.1. The maximum Gasteiger partial charge on any atom is 0.0956 e. The third-order valence-electron chi connectivity index (χ3n) is 4.89. The molecule has 128 valence electrons. The molecule has 3 nitrogen and oxygen atoms in total. The lowest BCUT2D eigenvalue weighted by Crippen LogP contribution is -2.17. The van der Waals surface area contributed by atoms with Gasteiger partial charge in [-0.15, -0.1) is 0 Å². The molecular weight excluding hydrogens is 294 g/mol. The van der Waals surface area contributed by atoms with Crippen molar-refractivity contribution < 1.29 is 0 Å². The van der Waals surface area contributed by atoms with Crippen LogP contribution >= 0.6 is 0 Å². The van der Waals surface area contributed by atoms with Gasteiger partial charge in [0.2, 0.25) is 0 Å². The molecule has 0 bridgehead atoms. The summed E-state index contributed by atoms with van der Waals surface area (Å²) in [5, 5.41) is 0. The second-order valence-electron chi connectivity index (χ2n) is 6.89. The largest absolute Gasteiger partial charge is 0.334 e. The minimum Gasteiger partial charge on any atom is -0.334 e. The molecule has 24 heavy (non-hydrogen) atoms. The van der Waals surface area contributed by atoms with Gasteiger partial charge in [-0.05, 0) is 45.2 Å². The van der Waals surface area contributed by atoms with Crippen molar-refractivity contribution in [2.24, 2.45) is 5.92 Å². The number of benzene rings is 1. The number of imidazole rings is 1. The number of nitrogens with zero attached hydrogens (tertiary/aromatic N) is 3. The van der Waals surface area contributed by atoms with Crippen molar-refractivity contribution in [3.63, 3.8) is 0 Å². The fourth-order valence-corrected chi connectivity index (χ4v) is 3.62. The summed E-state index contributed by atoms with van der Waals surface area (Å²) in [5.74, 6) is 0.748. The Labute approximate surface area is 146 Å². The topological polar surface area (TPSA) is 21.1 Å². The minimum atomic E-state index is 0.748. The van der Waals surface area contributed by atoms with Crippen LogP contribution in [0.2, 0.25) is 0 Å². The molecule has 0 spiro atoms. The molecule has 0 N–H and O–H groups in total. The Hall–Kier alpha value is -1.87. The number of hydrogen-bond acceptors (Lipinski definition) is 2. The predicted molar refractivity (Wildman–Crippen MR) is 101 cm³/mol. The molecular formula is C21H29N3. The van der Waals surface area contributed by atoms with Gasteiger partial charge in [-0.2, -0.15) is 0 Å². The average Bonchev–Trinajstić information content (AvgIpc) is 3.19. The number of likely N-dealkylation sites (tertiary alicyclic amines) is 1. The van der Waals surface area contributed by atoms with Gasteiger partial charge >= 0.3 is 0 Å². The summed E-state index contributed by atoms with van der Waals surface area (Å²) in [6.45, 7) is 5.71. The van der Waals surface area contributed by atoms with E-state index in [4.69, 9.17) is 4.98 Å². The lowest BCUT2D eigenvalue weighted by atomic mass is 10.1. The maximum atomic E-state index is 4.77. The minimum absolute atomic E-state index is 0.748. The zero-order valence-corrected chi connectivity index (χ0v) is 15.0. The Bertz CT molecular complexity index is 657. The number of allylic oxidation sites excluding steroid dienone is 2. The molecule has 1 atom stereocenters. The molecule has 3 rings (SSSR count). The van der Waals surface area contributed by atoms with Crippen LogP contribution in [0.5, 0.6) is 0 Å². The monoisotopic (exact) mass is 323 g/mol. The Kier molecular flexibility index (Phi) is 5.86. The lowest BCUT2D eigenvalue weighted by molar-refractivity contribution is 0.376. The summed E-state index contributed by atoms with van der Waals surface area (Å²) in [5.41, 5.74) is 3.78. The van der Waals surface area contributed by atoms with Crippen molar-refractivity contribution >= 4 is 0 Å². The van der Waals surface area contributed by atoms with Gasteiger partial charge in [-0.3, -0.25) is 0 Å². The third kappa shape index (κ3) is 4.15. The van der Waals surface area contributed by atoms with Gasteiger partial charge in [0.05, 0.1) is 12.0 Å². The van der Waals surface area contributed by atoms with Crippen LogP contribution < -0.4 is 0 Å². The summed E-state index contributed by atoms with van der Waals surface area (Å²) in [4.78, 5) is 7.21. The van der Waals surface area contributed by atoms with Crippen molar-refractivity contribution in [2.75, 3.05) is 20.1 Å². The zero-order chi connectivity index (χ0) is 16.8. The van der Waals surface area contributed by atoms with E-state index in [1.165, 1.54) is 30.8 Å². The van der Waals surface area contributed by atoms with Gasteiger partial charge in [-0.1, -0.05) is 49.4 Å². The average molecular weight is 323 g/mol. The summed E-state index contributed by atoms with van der Waals surface area (Å²) < 4.78 is 2.41. The molecule has 0 amide bonds. The molecule has 1 aromatic carbocycles. The smallest absolute Gasteiger partial charge is 0.0956 e. The Morgan fingerprint density at radius 3 is 2.75 bits per heavy atom. The summed E-state index contributed by atoms with van der Waals surface area (Å²) in [6.07, 6.45) is 11.2. The molecule has 1 aromatic heterocycles. The molecule has 0 unspecified atom stereocenters. The maximum absolute atomic E-state index is 4.77. The van der Waals surface area contributed by atoms with Crippen LogP contribution in [-0.4, -0.2) is 34.6 Å². The number of hydrogen-bond donors (Lipinski definition) is 0. The highest BCUT2D eigenvalue weighted by Crippen LogP contribution is 2.25. The Morgan fingerprint density at radius 1 is 1.21 bits per heavy atom. The first-order valence-corrected chi connectivity index (χ1v) is 9.21. The van der Waals surface area contributed by atoms with E-state index < -0.39 is 0 Å². The van der Waals surface area contributed by atoms with Gasteiger partial charge in [0.25, 0.3) is 0 Å². The third-order valence-corrected chi connectivity index (χ3v) is 4.89. The zero-order valence-electron chi connectivity index (χ0n) is 15.0. The predicted octanol–water partition coefficient (Wildman–Crippen LogP) is 4.40. The highest BCUT2D eigenvalue weighted by molar-refractivity contribution is 5.61. The highest BCUT2D eigenvalue weighted by Gasteiger charge is 2.21. The van der Waals surface area contributed by atoms with E-state index in [2.05, 4.69) is 72.2 Å². The fourth-order valence-electron chi connectivity index (χ4n) is 3.62. The number of rotatable bonds is 7. The van der Waals surface area contributed by atoms with Gasteiger partial charge in [0, 0.05) is 24.3 Å². The van der Waals surface area contributed by atoms with Gasteiger partial charge in [-0.25, -0.2) is 4.98 Å². The van der Waals surface area contributed by atoms with Crippen molar-refractivity contribution in [3.8, 4) is 11.3 Å². The second-order valence-corrected chi connectivity index (χ2v) is 6.89. The van der Waals surface area contributed by atoms with Gasteiger partial charge < -0.3 is 9.47 Å². The van der Waals surface area contributed by atoms with Gasteiger partial charge in [0.1, 0.15) is 0 Å². The first-order chi connectivity index (χ1) is 11.8. The van der Waals surface area contributed by atoms with E-state index >= 15 is 0 Å². The normalized spacial score (nSPS) is 18.7. The van der Waals surface area contributed by atoms with Crippen LogP contribution in [0, 0.1) is 5.92 Å². The van der Waals surface area contributed by atoms with Gasteiger partial charge in [0.15, 0.2) is 0 Å². The van der Waals surface area contributed by atoms with Crippen LogP contribution in [0.25, 0.3) is 11.3 Å². The van der Waals surface area contributed by atoms with Crippen molar-refractivity contribution in [1.82, 2.24) is 14.5 Å². The first kappa shape index (κ1) is 17.0. The van der Waals surface area contributed by atoms with E-state index in [9.17, 15) is 0 Å². The first-order valence-electron chi connectivity index (χ1n) is 9.21. The standard InChI is InChI=1S/C21H29N3/c1-3-4-5-9-12-20-21(19-10-7-6-8-11-19)22-17-24(20)16-18-13-14-23(2)15-18/h4-8,10-11,17-18H,3,9,12-16H2,1-2H3/b5-4-/t18-/m0/s1. The van der Waals surface area contributed by atoms with Crippen molar-refractivity contribution in [1.29, 1.82) is 0 Å². The van der Waals surface area contributed by atoms with E-state index in [0.29, 0.717) is 0 Å². The molecule has 1 aliphatic heterocycles. The van der Waals surface area contributed by atoms with Crippen LogP contribution in [0.15, 0.2) is 48.8 Å². The van der Waals surface area contributed by atoms with Crippen LogP contribution in [-0.2, 0) is 13.0 Å². The van der Waals surface area contributed by atoms with E-state index in [-0.39, 0.29) is 0 Å². The molecule has 0 radical (unpaired) electrons. The molecule has 3 heteroatoms. The van der Waals surface area contributed by atoms with Crippen LogP contribution in [0.1, 0.15) is 31.9 Å². The fraction of sp³-hybridized carbons (Fsp3) is 0.476. The SMILES string of the molecule is CC/C=C\CCc1c(-c2ccccc2)ncn1C[C@H]1CCN(C)C1. The molecule has 0 saturated carbocycles. The van der Waals surface area contributed by atoms with Crippen LogP contribution in [0.3, 0.4) is 0 Å². The number of aromatic nitrogens is 2. The molecule has 1 aliphatic rings. The molecule has 2 heterocycles. The second kappa shape index (κ2) is 8.29. The van der Waals surface area contributed by atoms with Crippen LogP contribution in [0.4, 0.5) is 0 Å². The van der Waals surface area contributed by atoms with Crippen molar-refractivity contribution in [3.05, 3.63) is 54.5 Å². The summed E-state index contributed by atoms with van der Waals surface area (Å²) in [7, 11) is 2.22. The van der Waals surface area contributed by atoms with Crippen molar-refractivity contribution in [2.45, 2.75) is 39.2 Å². The summed E-state index contributed by atoms with van der Waals surface area (Å²) >= 11 is 0. The van der Waals surface area contributed by atoms with E-state index in [0.717, 1.165) is 37.4 Å². The van der Waals surface area contributed by atoms with E-state index in [1.54, 1.807) is 0 Å². The molecule has 0 aliphatic carbocycles. The Morgan fingerprint density at radius 2 is 2.04 bits per heavy atom.